The van der Waals surface area contributed by atoms with Crippen LogP contribution in [0.1, 0.15) is 55.2 Å². The lowest BCUT2D eigenvalue weighted by atomic mass is 9.88. The van der Waals surface area contributed by atoms with Crippen molar-refractivity contribution in [2.75, 3.05) is 19.8 Å². The lowest BCUT2D eigenvalue weighted by molar-refractivity contribution is 0.201. The third-order valence-electron chi connectivity index (χ3n) is 6.59. The van der Waals surface area contributed by atoms with E-state index in [-0.39, 0.29) is 25.3 Å². The number of rotatable bonds is 10. The van der Waals surface area contributed by atoms with Gasteiger partial charge in [-0.2, -0.15) is 0 Å². The summed E-state index contributed by atoms with van der Waals surface area (Å²) in [5.41, 5.74) is 5.62. The molecule has 3 aromatic carbocycles. The van der Waals surface area contributed by atoms with Gasteiger partial charge in [-0.25, -0.2) is 4.79 Å². The van der Waals surface area contributed by atoms with E-state index < -0.39 is 0 Å². The summed E-state index contributed by atoms with van der Waals surface area (Å²) in [5.74, 6) is 0.725. The average molecular weight is 485 g/mol. The van der Waals surface area contributed by atoms with E-state index in [9.17, 15) is 4.79 Å². The smallest absolute Gasteiger partial charge is 0.315 e. The van der Waals surface area contributed by atoms with Gasteiger partial charge in [0, 0.05) is 12.6 Å². The van der Waals surface area contributed by atoms with E-state index in [1.54, 1.807) is 0 Å². The van der Waals surface area contributed by atoms with Crippen molar-refractivity contribution in [3.8, 4) is 5.75 Å². The first-order chi connectivity index (χ1) is 17.7. The lowest BCUT2D eigenvalue weighted by Gasteiger charge is -2.23. The van der Waals surface area contributed by atoms with Gasteiger partial charge in [0.15, 0.2) is 0 Å². The molecule has 0 radical (unpaired) electrons. The van der Waals surface area contributed by atoms with Crippen molar-refractivity contribution >= 4 is 17.2 Å². The van der Waals surface area contributed by atoms with E-state index in [1.807, 2.05) is 48.5 Å². The standard InChI is InChI=1S/C31H36N2O3/c34-22-23-36-28-18-16-26(17-19-28)30(25-12-6-2-7-13-25)29(24-10-4-1-5-11-24)20-21-32-31(35)33-27-14-8-3-9-15-27/h1-2,4-7,10-13,16-19,27,34H,3,8-9,14-15,20-23H2,(H2,32,33,35)/b30-29-. The van der Waals surface area contributed by atoms with Crippen molar-refractivity contribution in [3.63, 3.8) is 0 Å². The van der Waals surface area contributed by atoms with Crippen molar-refractivity contribution in [1.82, 2.24) is 10.6 Å². The highest BCUT2D eigenvalue weighted by Crippen LogP contribution is 2.35. The lowest BCUT2D eigenvalue weighted by Crippen LogP contribution is -2.43. The quantitative estimate of drug-likeness (QED) is 0.307. The second-order valence-corrected chi connectivity index (χ2v) is 9.17. The van der Waals surface area contributed by atoms with Crippen LogP contribution in [-0.4, -0.2) is 36.9 Å². The number of carbonyl (C=O) groups excluding carboxylic acids is 1. The number of urea groups is 1. The average Bonchev–Trinajstić information content (AvgIpc) is 2.93. The normalized spacial score (nSPS) is 14.6. The fraction of sp³-hybridized carbons (Fsp3) is 0.323. The van der Waals surface area contributed by atoms with Gasteiger partial charge in [0.1, 0.15) is 12.4 Å². The van der Waals surface area contributed by atoms with Crippen LogP contribution in [-0.2, 0) is 0 Å². The molecule has 0 saturated heterocycles. The first-order valence-corrected chi connectivity index (χ1v) is 13.0. The molecule has 0 spiro atoms. The molecule has 0 heterocycles. The predicted octanol–water partition coefficient (Wildman–Crippen LogP) is 6.04. The van der Waals surface area contributed by atoms with Crippen LogP contribution >= 0.6 is 0 Å². The molecule has 0 unspecified atom stereocenters. The molecule has 1 aliphatic rings. The first-order valence-electron chi connectivity index (χ1n) is 13.0. The van der Waals surface area contributed by atoms with Gasteiger partial charge in [0.2, 0.25) is 0 Å². The molecule has 0 bridgehead atoms. The second-order valence-electron chi connectivity index (χ2n) is 9.17. The summed E-state index contributed by atoms with van der Waals surface area (Å²) in [6.45, 7) is 0.789. The highest BCUT2D eigenvalue weighted by atomic mass is 16.5. The van der Waals surface area contributed by atoms with E-state index in [0.717, 1.165) is 40.9 Å². The highest BCUT2D eigenvalue weighted by molar-refractivity contribution is 5.98. The zero-order valence-electron chi connectivity index (χ0n) is 20.8. The Kier molecular flexibility index (Phi) is 9.57. The van der Waals surface area contributed by atoms with Crippen LogP contribution in [0.4, 0.5) is 4.79 Å². The van der Waals surface area contributed by atoms with Gasteiger partial charge < -0.3 is 20.5 Å². The van der Waals surface area contributed by atoms with Crippen molar-refractivity contribution in [3.05, 3.63) is 102 Å². The topological polar surface area (TPSA) is 70.6 Å². The summed E-state index contributed by atoms with van der Waals surface area (Å²) >= 11 is 0. The zero-order valence-corrected chi connectivity index (χ0v) is 20.8. The predicted molar refractivity (Wildman–Crippen MR) is 146 cm³/mol. The van der Waals surface area contributed by atoms with E-state index in [4.69, 9.17) is 9.84 Å². The molecule has 0 atom stereocenters. The Morgan fingerprint density at radius 3 is 2.06 bits per heavy atom. The minimum atomic E-state index is -0.0824. The number of aliphatic hydroxyl groups is 1. The maximum Gasteiger partial charge on any atom is 0.315 e. The summed E-state index contributed by atoms with van der Waals surface area (Å²) in [7, 11) is 0. The van der Waals surface area contributed by atoms with Crippen molar-refractivity contribution in [2.45, 2.75) is 44.6 Å². The number of hydrogen-bond donors (Lipinski definition) is 3. The van der Waals surface area contributed by atoms with Gasteiger partial charge in [0.05, 0.1) is 6.61 Å². The van der Waals surface area contributed by atoms with E-state index in [2.05, 4.69) is 47.0 Å². The molecule has 1 fully saturated rings. The molecule has 0 aliphatic heterocycles. The van der Waals surface area contributed by atoms with Crippen LogP contribution in [0.3, 0.4) is 0 Å². The molecule has 3 N–H and O–H groups in total. The van der Waals surface area contributed by atoms with Crippen LogP contribution < -0.4 is 15.4 Å². The summed E-state index contributed by atoms with van der Waals surface area (Å²) < 4.78 is 5.57. The van der Waals surface area contributed by atoms with Crippen LogP contribution in [0.5, 0.6) is 5.75 Å². The minimum absolute atomic E-state index is 0.0175. The van der Waals surface area contributed by atoms with E-state index >= 15 is 0 Å². The minimum Gasteiger partial charge on any atom is -0.491 e. The largest absolute Gasteiger partial charge is 0.491 e. The van der Waals surface area contributed by atoms with Gasteiger partial charge in [-0.1, -0.05) is 92.1 Å². The van der Waals surface area contributed by atoms with Gasteiger partial charge >= 0.3 is 6.03 Å². The molecule has 1 aliphatic carbocycles. The highest BCUT2D eigenvalue weighted by Gasteiger charge is 2.17. The summed E-state index contributed by atoms with van der Waals surface area (Å²) in [4.78, 5) is 12.6. The Hall–Kier alpha value is -3.57. The third kappa shape index (κ3) is 7.22. The second kappa shape index (κ2) is 13.5. The number of ether oxygens (including phenoxy) is 1. The summed E-state index contributed by atoms with van der Waals surface area (Å²) in [6, 6.07) is 28.9. The van der Waals surface area contributed by atoms with Crippen LogP contribution in [0.2, 0.25) is 0 Å². The van der Waals surface area contributed by atoms with E-state index in [0.29, 0.717) is 13.0 Å². The molecular weight excluding hydrogens is 448 g/mol. The fourth-order valence-corrected chi connectivity index (χ4v) is 4.84. The Balaban J connectivity index is 1.62. The molecule has 5 heteroatoms. The molecule has 188 valence electrons. The Morgan fingerprint density at radius 2 is 1.42 bits per heavy atom. The van der Waals surface area contributed by atoms with Gasteiger partial charge in [-0.15, -0.1) is 0 Å². The van der Waals surface area contributed by atoms with Crippen molar-refractivity contribution in [1.29, 1.82) is 0 Å². The molecular formula is C31H36N2O3. The third-order valence-corrected chi connectivity index (χ3v) is 6.59. The van der Waals surface area contributed by atoms with Gasteiger partial charge in [-0.3, -0.25) is 0 Å². The number of benzene rings is 3. The van der Waals surface area contributed by atoms with Crippen LogP contribution in [0.15, 0.2) is 84.9 Å². The van der Waals surface area contributed by atoms with Gasteiger partial charge in [0.25, 0.3) is 0 Å². The Bertz CT molecular complexity index is 1110. The fourth-order valence-electron chi connectivity index (χ4n) is 4.84. The maximum absolute atomic E-state index is 12.6. The van der Waals surface area contributed by atoms with Crippen molar-refractivity contribution < 1.29 is 14.6 Å². The number of aliphatic hydroxyl groups excluding tert-OH is 1. The Morgan fingerprint density at radius 1 is 0.806 bits per heavy atom. The monoisotopic (exact) mass is 484 g/mol. The van der Waals surface area contributed by atoms with E-state index in [1.165, 1.54) is 24.8 Å². The Labute approximate surface area is 214 Å². The summed E-state index contributed by atoms with van der Waals surface area (Å²) in [6.07, 6.45) is 6.47. The SMILES string of the molecule is O=C(NCC/C(=C(\c1ccccc1)c1ccc(OCCO)cc1)c1ccccc1)NC1CCCCC1. The van der Waals surface area contributed by atoms with Crippen molar-refractivity contribution in [2.24, 2.45) is 0 Å². The summed E-state index contributed by atoms with van der Waals surface area (Å²) in [5, 5.41) is 15.3. The molecule has 4 rings (SSSR count). The molecule has 3 aromatic rings. The maximum atomic E-state index is 12.6. The zero-order chi connectivity index (χ0) is 25.0. The van der Waals surface area contributed by atoms with Gasteiger partial charge in [-0.05, 0) is 59.2 Å². The molecule has 36 heavy (non-hydrogen) atoms. The molecule has 5 nitrogen and oxygen atoms in total. The first kappa shape index (κ1) is 25.5. The molecule has 1 saturated carbocycles. The number of hydrogen-bond acceptors (Lipinski definition) is 3. The number of nitrogens with one attached hydrogen (secondary N) is 2. The molecule has 2 amide bonds. The van der Waals surface area contributed by atoms with Crippen LogP contribution in [0.25, 0.3) is 11.1 Å². The molecule has 0 aromatic heterocycles. The van der Waals surface area contributed by atoms with Crippen LogP contribution in [0, 0.1) is 0 Å². The number of carbonyl (C=O) groups is 1. The number of amides is 2.